The maximum Gasteiger partial charge on any atom is 0.151 e. The molecule has 3 nitrogen and oxygen atoms in total. The first-order valence-electron chi connectivity index (χ1n) is 5.71. The first-order valence-corrected chi connectivity index (χ1v) is 6.50. The van der Waals surface area contributed by atoms with Crippen molar-refractivity contribution in [3.8, 4) is 0 Å². The van der Waals surface area contributed by atoms with Gasteiger partial charge in [0.05, 0.1) is 0 Å². The Kier molecular flexibility index (Phi) is 2.88. The van der Waals surface area contributed by atoms with Gasteiger partial charge in [-0.05, 0) is 47.3 Å². The van der Waals surface area contributed by atoms with Crippen LogP contribution in [-0.4, -0.2) is 16.4 Å². The SMILES string of the molecule is Fc1cccc2c(Br)nn(C3CCCCO3)c12. The second-order valence-corrected chi connectivity index (χ2v) is 4.94. The summed E-state index contributed by atoms with van der Waals surface area (Å²) in [4.78, 5) is 0. The van der Waals surface area contributed by atoms with Gasteiger partial charge in [-0.3, -0.25) is 0 Å². The van der Waals surface area contributed by atoms with E-state index in [0.717, 1.165) is 31.3 Å². The molecular weight excluding hydrogens is 287 g/mol. The van der Waals surface area contributed by atoms with E-state index in [1.807, 2.05) is 6.07 Å². The number of ether oxygens (including phenoxy) is 1. The highest BCUT2D eigenvalue weighted by molar-refractivity contribution is 9.10. The van der Waals surface area contributed by atoms with Gasteiger partial charge in [0.1, 0.15) is 15.9 Å². The molecule has 5 heteroatoms. The lowest BCUT2D eigenvalue weighted by molar-refractivity contribution is -0.0371. The second kappa shape index (κ2) is 4.38. The molecule has 0 bridgehead atoms. The summed E-state index contributed by atoms with van der Waals surface area (Å²) in [5.41, 5.74) is 0.520. The highest BCUT2D eigenvalue weighted by atomic mass is 79.9. The van der Waals surface area contributed by atoms with Gasteiger partial charge in [-0.2, -0.15) is 5.10 Å². The average Bonchev–Trinajstić information content (AvgIpc) is 2.70. The third-order valence-electron chi connectivity index (χ3n) is 3.06. The fourth-order valence-electron chi connectivity index (χ4n) is 2.24. The van der Waals surface area contributed by atoms with Gasteiger partial charge < -0.3 is 4.74 Å². The molecule has 0 N–H and O–H groups in total. The zero-order valence-electron chi connectivity index (χ0n) is 9.20. The lowest BCUT2D eigenvalue weighted by atomic mass is 10.2. The van der Waals surface area contributed by atoms with Crippen LogP contribution in [0.15, 0.2) is 22.8 Å². The molecule has 0 aliphatic carbocycles. The number of nitrogens with zero attached hydrogens (tertiary/aromatic N) is 2. The maximum atomic E-state index is 13.9. The Balaban J connectivity index is 2.15. The van der Waals surface area contributed by atoms with Crippen LogP contribution in [0.2, 0.25) is 0 Å². The van der Waals surface area contributed by atoms with E-state index in [2.05, 4.69) is 21.0 Å². The number of benzene rings is 1. The average molecular weight is 299 g/mol. The molecule has 2 aromatic rings. The summed E-state index contributed by atoms with van der Waals surface area (Å²) >= 11 is 3.36. The summed E-state index contributed by atoms with van der Waals surface area (Å²) in [5.74, 6) is -0.255. The maximum absolute atomic E-state index is 13.9. The Hall–Kier alpha value is -0.940. The number of para-hydroxylation sites is 1. The van der Waals surface area contributed by atoms with Crippen molar-refractivity contribution in [2.75, 3.05) is 6.61 Å². The van der Waals surface area contributed by atoms with E-state index >= 15 is 0 Å². The number of hydrogen-bond acceptors (Lipinski definition) is 2. The van der Waals surface area contributed by atoms with Crippen LogP contribution in [0.3, 0.4) is 0 Å². The van der Waals surface area contributed by atoms with Crippen molar-refractivity contribution >= 4 is 26.8 Å². The first kappa shape index (κ1) is 11.2. The minimum Gasteiger partial charge on any atom is -0.356 e. The Morgan fingerprint density at radius 1 is 1.41 bits per heavy atom. The fourth-order valence-corrected chi connectivity index (χ4v) is 2.73. The quantitative estimate of drug-likeness (QED) is 0.804. The Morgan fingerprint density at radius 3 is 3.06 bits per heavy atom. The molecule has 1 atom stereocenters. The Bertz CT molecular complexity index is 549. The normalized spacial score (nSPS) is 20.9. The molecule has 3 rings (SSSR count). The van der Waals surface area contributed by atoms with Crippen molar-refractivity contribution in [2.45, 2.75) is 25.5 Å². The predicted octanol–water partition coefficient (Wildman–Crippen LogP) is 3.64. The summed E-state index contributed by atoms with van der Waals surface area (Å²) in [6.07, 6.45) is 2.91. The van der Waals surface area contributed by atoms with Gasteiger partial charge in [0.25, 0.3) is 0 Å². The van der Waals surface area contributed by atoms with Crippen LogP contribution < -0.4 is 0 Å². The summed E-state index contributed by atoms with van der Waals surface area (Å²) in [5, 5.41) is 5.13. The third-order valence-corrected chi connectivity index (χ3v) is 3.65. The van der Waals surface area contributed by atoms with Crippen molar-refractivity contribution in [3.63, 3.8) is 0 Å². The van der Waals surface area contributed by atoms with E-state index in [1.54, 1.807) is 10.7 Å². The van der Waals surface area contributed by atoms with Gasteiger partial charge in [0.2, 0.25) is 0 Å². The third kappa shape index (κ3) is 1.87. The molecule has 0 spiro atoms. The standard InChI is InChI=1S/C12H12BrFN2O/c13-12-8-4-3-5-9(14)11(8)16(15-12)10-6-1-2-7-17-10/h3-5,10H,1-2,6-7H2. The number of rotatable bonds is 1. The van der Waals surface area contributed by atoms with Crippen molar-refractivity contribution < 1.29 is 9.13 Å². The van der Waals surface area contributed by atoms with Crippen LogP contribution in [0.1, 0.15) is 25.5 Å². The largest absolute Gasteiger partial charge is 0.356 e. The van der Waals surface area contributed by atoms with Crippen molar-refractivity contribution in [3.05, 3.63) is 28.6 Å². The lowest BCUT2D eigenvalue weighted by Crippen LogP contribution is -2.19. The predicted molar refractivity (Wildman–Crippen MR) is 66.2 cm³/mol. The topological polar surface area (TPSA) is 27.1 Å². The van der Waals surface area contributed by atoms with Gasteiger partial charge in [0.15, 0.2) is 6.23 Å². The van der Waals surface area contributed by atoms with Crippen molar-refractivity contribution in [1.29, 1.82) is 0 Å². The number of halogens is 2. The highest BCUT2D eigenvalue weighted by Gasteiger charge is 2.21. The summed E-state index contributed by atoms with van der Waals surface area (Å²) < 4.78 is 21.9. The van der Waals surface area contributed by atoms with Crippen LogP contribution in [0, 0.1) is 5.82 Å². The molecule has 17 heavy (non-hydrogen) atoms. The van der Waals surface area contributed by atoms with Gasteiger partial charge in [-0.25, -0.2) is 9.07 Å². The Labute approximate surface area is 107 Å². The zero-order chi connectivity index (χ0) is 11.8. The van der Waals surface area contributed by atoms with E-state index in [0.29, 0.717) is 10.1 Å². The number of fused-ring (bicyclic) bond motifs is 1. The zero-order valence-corrected chi connectivity index (χ0v) is 10.8. The van der Waals surface area contributed by atoms with E-state index in [1.165, 1.54) is 6.07 Å². The van der Waals surface area contributed by atoms with Crippen LogP contribution in [0.4, 0.5) is 4.39 Å². The van der Waals surface area contributed by atoms with E-state index < -0.39 is 0 Å². The molecule has 0 saturated carbocycles. The fraction of sp³-hybridized carbons (Fsp3) is 0.417. The molecule has 1 fully saturated rings. The van der Waals surface area contributed by atoms with Crippen molar-refractivity contribution in [1.82, 2.24) is 9.78 Å². The van der Waals surface area contributed by atoms with E-state index in [9.17, 15) is 4.39 Å². The molecular formula is C12H12BrFN2O. The van der Waals surface area contributed by atoms with Crippen molar-refractivity contribution in [2.24, 2.45) is 0 Å². The molecule has 1 saturated heterocycles. The van der Waals surface area contributed by atoms with Gasteiger partial charge in [0, 0.05) is 12.0 Å². The van der Waals surface area contributed by atoms with E-state index in [4.69, 9.17) is 4.74 Å². The summed E-state index contributed by atoms with van der Waals surface area (Å²) in [7, 11) is 0. The molecule has 1 aliphatic heterocycles. The molecule has 90 valence electrons. The van der Waals surface area contributed by atoms with E-state index in [-0.39, 0.29) is 12.0 Å². The molecule has 0 amide bonds. The van der Waals surface area contributed by atoms with Crippen LogP contribution >= 0.6 is 15.9 Å². The molecule has 1 aromatic heterocycles. The second-order valence-electron chi connectivity index (χ2n) is 4.19. The Morgan fingerprint density at radius 2 is 2.29 bits per heavy atom. The first-order chi connectivity index (χ1) is 8.27. The van der Waals surface area contributed by atoms with Gasteiger partial charge in [-0.1, -0.05) is 6.07 Å². The van der Waals surface area contributed by atoms with Crippen LogP contribution in [0.5, 0.6) is 0 Å². The van der Waals surface area contributed by atoms with Gasteiger partial charge >= 0.3 is 0 Å². The monoisotopic (exact) mass is 298 g/mol. The van der Waals surface area contributed by atoms with Gasteiger partial charge in [-0.15, -0.1) is 0 Å². The van der Waals surface area contributed by atoms with Crippen LogP contribution in [-0.2, 0) is 4.74 Å². The van der Waals surface area contributed by atoms with Crippen LogP contribution in [0.25, 0.3) is 10.9 Å². The minimum absolute atomic E-state index is 0.144. The lowest BCUT2D eigenvalue weighted by Gasteiger charge is -2.23. The highest BCUT2D eigenvalue weighted by Crippen LogP contribution is 2.31. The molecule has 1 aliphatic rings. The smallest absolute Gasteiger partial charge is 0.151 e. The molecule has 1 aromatic carbocycles. The molecule has 1 unspecified atom stereocenters. The number of aromatic nitrogens is 2. The number of hydrogen-bond donors (Lipinski definition) is 0. The summed E-state index contributed by atoms with van der Waals surface area (Å²) in [6, 6.07) is 5.00. The molecule has 2 heterocycles. The summed E-state index contributed by atoms with van der Waals surface area (Å²) in [6.45, 7) is 0.720. The minimum atomic E-state index is -0.255. The molecule has 0 radical (unpaired) electrons.